The second kappa shape index (κ2) is 5.84. The molecule has 4 heteroatoms. The third-order valence-corrected chi connectivity index (χ3v) is 8.84. The van der Waals surface area contributed by atoms with E-state index in [4.69, 9.17) is 6.57 Å². The predicted molar refractivity (Wildman–Crippen MR) is 134 cm³/mol. The number of rotatable bonds is 1. The molecule has 6 aromatic rings. The number of hydrogen-bond acceptors (Lipinski definition) is 0. The van der Waals surface area contributed by atoms with Crippen LogP contribution in [0.25, 0.3) is 53.8 Å². The molecule has 0 fully saturated rings. The Morgan fingerprint density at radius 3 is 2.45 bits per heavy atom. The molecule has 6 rings (SSSR count). The zero-order valence-electron chi connectivity index (χ0n) is 18.5. The van der Waals surface area contributed by atoms with E-state index in [1.165, 1.54) is 48.8 Å². The Morgan fingerprint density at radius 1 is 0.935 bits per heavy atom. The van der Waals surface area contributed by atoms with Crippen LogP contribution in [0, 0.1) is 13.5 Å². The maximum absolute atomic E-state index is 7.87. The fourth-order valence-corrected chi connectivity index (χ4v) is 6.42. The molecule has 3 heterocycles. The van der Waals surface area contributed by atoms with Gasteiger partial charge in [-0.1, -0.05) is 61.2 Å². The summed E-state index contributed by atoms with van der Waals surface area (Å²) in [5.41, 5.74) is 6.74. The molecule has 0 aliphatic rings. The molecule has 0 aliphatic carbocycles. The van der Waals surface area contributed by atoms with Crippen molar-refractivity contribution < 1.29 is 4.57 Å². The van der Waals surface area contributed by atoms with Crippen molar-refractivity contribution in [3.8, 4) is 0 Å². The summed E-state index contributed by atoms with van der Waals surface area (Å²) in [7, 11) is 0.605. The van der Waals surface area contributed by atoms with E-state index in [1.54, 1.807) is 0 Å². The van der Waals surface area contributed by atoms with Crippen LogP contribution < -0.4 is 9.75 Å². The van der Waals surface area contributed by atoms with Crippen molar-refractivity contribution in [1.29, 1.82) is 0 Å². The maximum Gasteiger partial charge on any atom is 0.224 e. The summed E-state index contributed by atoms with van der Waals surface area (Å²) in [5, 5.41) is 7.68. The first-order chi connectivity index (χ1) is 14.8. The van der Waals surface area contributed by atoms with Gasteiger partial charge in [-0.3, -0.25) is 0 Å². The number of aromatic nitrogens is 2. The van der Waals surface area contributed by atoms with Crippen LogP contribution in [0.1, 0.15) is 5.56 Å². The van der Waals surface area contributed by atoms with Gasteiger partial charge in [-0.05, 0) is 29.3 Å². The van der Waals surface area contributed by atoms with Crippen molar-refractivity contribution in [3.63, 3.8) is 0 Å². The van der Waals surface area contributed by atoms with Crippen LogP contribution in [0.5, 0.6) is 0 Å². The third-order valence-electron chi connectivity index (χ3n) is 6.82. The van der Waals surface area contributed by atoms with Crippen molar-refractivity contribution in [3.05, 3.63) is 71.7 Å². The lowest BCUT2D eigenvalue weighted by atomic mass is 10.00. The van der Waals surface area contributed by atoms with Crippen molar-refractivity contribution in [2.24, 2.45) is 7.05 Å². The molecule has 0 amide bonds. The molecule has 150 valence electrons. The lowest BCUT2D eigenvalue weighted by molar-refractivity contribution is -0.643. The lowest BCUT2D eigenvalue weighted by Crippen LogP contribution is -2.38. The van der Waals surface area contributed by atoms with Crippen LogP contribution in [-0.4, -0.2) is 12.5 Å². The van der Waals surface area contributed by atoms with Crippen LogP contribution in [0.3, 0.4) is 0 Å². The SMILES string of the molecule is [C-]#[N+]c1cccc2c3ccc(C)c4c3n(c3cc([Si](C)(C)C)cc5cc[n+](C)c4c53)c12. The predicted octanol–water partition coefficient (Wildman–Crippen LogP) is 6.22. The number of aryl methyl sites for hydroxylation is 2. The number of nitrogens with zero attached hydrogens (tertiary/aromatic N) is 3. The first-order valence-electron chi connectivity index (χ1n) is 10.7. The summed E-state index contributed by atoms with van der Waals surface area (Å²) in [6.45, 7) is 17.3. The highest BCUT2D eigenvalue weighted by molar-refractivity contribution is 6.89. The van der Waals surface area contributed by atoms with Crippen molar-refractivity contribution in [2.75, 3.05) is 0 Å². The molecule has 0 spiro atoms. The van der Waals surface area contributed by atoms with E-state index in [0.717, 1.165) is 10.9 Å². The van der Waals surface area contributed by atoms with Gasteiger partial charge in [0.2, 0.25) is 11.2 Å². The van der Waals surface area contributed by atoms with E-state index in [9.17, 15) is 0 Å². The highest BCUT2D eigenvalue weighted by atomic mass is 28.3. The molecular weight excluding hydrogens is 394 g/mol. The average molecular weight is 419 g/mol. The van der Waals surface area contributed by atoms with Gasteiger partial charge in [0.05, 0.1) is 42.0 Å². The molecule has 0 saturated carbocycles. The quantitative estimate of drug-likeness (QED) is 0.0988. The maximum atomic E-state index is 7.87. The smallest absolute Gasteiger partial charge is 0.224 e. The first-order valence-corrected chi connectivity index (χ1v) is 14.2. The van der Waals surface area contributed by atoms with E-state index < -0.39 is 8.07 Å². The Bertz CT molecular complexity index is 1740. The van der Waals surface area contributed by atoms with Crippen molar-refractivity contribution >= 4 is 67.9 Å². The van der Waals surface area contributed by atoms with E-state index in [-0.39, 0.29) is 0 Å². The molecule has 31 heavy (non-hydrogen) atoms. The average Bonchev–Trinajstić information content (AvgIpc) is 3.08. The van der Waals surface area contributed by atoms with Gasteiger partial charge in [-0.2, -0.15) is 0 Å². The van der Waals surface area contributed by atoms with E-state index in [2.05, 4.69) is 90.0 Å². The Balaban J connectivity index is 2.10. The summed E-state index contributed by atoms with van der Waals surface area (Å²) in [6.07, 6.45) is 2.19. The zero-order chi connectivity index (χ0) is 21.7. The zero-order valence-corrected chi connectivity index (χ0v) is 19.5. The van der Waals surface area contributed by atoms with Gasteiger partial charge < -0.3 is 4.40 Å². The van der Waals surface area contributed by atoms with Crippen LogP contribution in [-0.2, 0) is 7.05 Å². The molecule has 0 radical (unpaired) electrons. The highest BCUT2D eigenvalue weighted by Gasteiger charge is 2.26. The van der Waals surface area contributed by atoms with Crippen LogP contribution in [0.4, 0.5) is 5.69 Å². The fraction of sp³-hybridized carbons (Fsp3) is 0.185. The van der Waals surface area contributed by atoms with Gasteiger partial charge in [0.25, 0.3) is 0 Å². The summed E-state index contributed by atoms with van der Waals surface area (Å²) in [4.78, 5) is 3.92. The van der Waals surface area contributed by atoms with Crippen molar-refractivity contribution in [1.82, 2.24) is 4.40 Å². The lowest BCUT2D eigenvalue weighted by Gasteiger charge is -2.20. The Hall–Kier alpha value is -3.42. The summed E-state index contributed by atoms with van der Waals surface area (Å²) >= 11 is 0. The van der Waals surface area contributed by atoms with Gasteiger partial charge in [0, 0.05) is 11.5 Å². The normalized spacial score (nSPS) is 12.6. The Labute approximate surface area is 182 Å². The van der Waals surface area contributed by atoms with Gasteiger partial charge in [0.15, 0.2) is 6.20 Å². The minimum Gasteiger partial charge on any atom is -0.317 e. The van der Waals surface area contributed by atoms with Gasteiger partial charge in [-0.15, -0.1) is 0 Å². The van der Waals surface area contributed by atoms with Crippen LogP contribution in [0.15, 0.2) is 54.7 Å². The molecule has 0 aliphatic heterocycles. The second-order valence-electron chi connectivity index (χ2n) is 9.76. The number of pyridine rings is 2. The molecule has 3 aromatic heterocycles. The Morgan fingerprint density at radius 2 is 1.71 bits per heavy atom. The molecule has 0 bridgehead atoms. The van der Waals surface area contributed by atoms with Crippen LogP contribution in [0.2, 0.25) is 19.6 Å². The monoisotopic (exact) mass is 418 g/mol. The summed E-state index contributed by atoms with van der Waals surface area (Å²) in [5.74, 6) is 0. The molecule has 0 N–H and O–H groups in total. The first kappa shape index (κ1) is 18.4. The van der Waals surface area contributed by atoms with Gasteiger partial charge >= 0.3 is 0 Å². The summed E-state index contributed by atoms with van der Waals surface area (Å²) < 4.78 is 4.65. The van der Waals surface area contributed by atoms with E-state index in [1.807, 2.05) is 12.1 Å². The van der Waals surface area contributed by atoms with E-state index in [0.29, 0.717) is 5.69 Å². The van der Waals surface area contributed by atoms with Gasteiger partial charge in [-0.25, -0.2) is 9.41 Å². The molecule has 3 aromatic carbocycles. The molecule has 0 atom stereocenters. The topological polar surface area (TPSA) is 12.6 Å². The van der Waals surface area contributed by atoms with Gasteiger partial charge in [0.1, 0.15) is 7.05 Å². The number of hydrogen-bond donors (Lipinski definition) is 0. The highest BCUT2D eigenvalue weighted by Crippen LogP contribution is 2.42. The largest absolute Gasteiger partial charge is 0.317 e. The molecule has 0 unspecified atom stereocenters. The number of benzene rings is 3. The molecule has 0 saturated heterocycles. The van der Waals surface area contributed by atoms with E-state index >= 15 is 0 Å². The molecule has 3 nitrogen and oxygen atoms in total. The third kappa shape index (κ3) is 2.24. The summed E-state index contributed by atoms with van der Waals surface area (Å²) in [6, 6.07) is 17.6. The second-order valence-corrected chi connectivity index (χ2v) is 14.8. The fourth-order valence-electron chi connectivity index (χ4n) is 5.26. The Kier molecular flexibility index (Phi) is 3.46. The minimum atomic E-state index is -1.54. The van der Waals surface area contributed by atoms with Crippen LogP contribution >= 0.6 is 0 Å². The number of fused-ring (bicyclic) bond motifs is 5. The number of para-hydroxylation sites is 1. The standard InChI is InChI=1S/C27H24N3Si/c1-16-10-11-20-19-8-7-9-21(28-2)25(19)30-22-15-18(31(4,5)6)14-17-12-13-29(3)27(24(17)22)23(16)26(20)30/h7-15H,1,3-6H3/q+1. The van der Waals surface area contributed by atoms with Crippen molar-refractivity contribution in [2.45, 2.75) is 26.6 Å². The molecular formula is C27H24N3Si+. The minimum absolute atomic E-state index is 0.715.